The fraction of sp³-hybridized carbons (Fsp3) is 0.544. The molecule has 0 bridgehead atoms. The zero-order valence-corrected chi connectivity index (χ0v) is 49.9. The molecule has 5 rings (SSSR count). The van der Waals surface area contributed by atoms with Crippen LogP contribution in [0.1, 0.15) is 98.1 Å². The first-order valence-corrected chi connectivity index (χ1v) is 32.3. The van der Waals surface area contributed by atoms with Gasteiger partial charge in [0.2, 0.25) is 5.91 Å². The molecule has 4 N–H and O–H groups in total. The minimum absolute atomic E-state index is 0.00400. The van der Waals surface area contributed by atoms with Gasteiger partial charge in [0.05, 0.1) is 20.1 Å². The number of rotatable bonds is 24. The summed E-state index contributed by atoms with van der Waals surface area (Å²) in [6.07, 6.45) is -6.26. The molecule has 4 aromatic rings. The highest BCUT2D eigenvalue weighted by Gasteiger charge is 2.58. The van der Waals surface area contributed by atoms with Crippen LogP contribution in [0.4, 0.5) is 4.79 Å². The topological polar surface area (TPSA) is 233 Å². The first-order valence-electron chi connectivity index (χ1n) is 26.5. The maximum absolute atomic E-state index is 14.7. The third-order valence-corrected chi connectivity index (χ3v) is 23.3. The van der Waals surface area contributed by atoms with Crippen molar-refractivity contribution in [3.63, 3.8) is 0 Å². The van der Waals surface area contributed by atoms with Crippen molar-refractivity contribution in [2.75, 3.05) is 20.2 Å². The number of aliphatic hydroxyl groups excluding tert-OH is 1. The largest absolute Gasteiger partial charge is 0.497 e. The first kappa shape index (κ1) is 62.9. The number of esters is 2. The molecule has 1 unspecified atom stereocenters. The van der Waals surface area contributed by atoms with E-state index in [9.17, 15) is 33.9 Å². The van der Waals surface area contributed by atoms with Gasteiger partial charge in [-0.1, -0.05) is 114 Å². The average molecular weight is 1120 g/mol. The van der Waals surface area contributed by atoms with E-state index in [4.69, 9.17) is 32.5 Å². The summed E-state index contributed by atoms with van der Waals surface area (Å²) in [5.41, 5.74) is -0.105. The van der Waals surface area contributed by atoms with Gasteiger partial charge < -0.3 is 53.6 Å². The molecule has 2 amide bonds. The van der Waals surface area contributed by atoms with Crippen LogP contribution in [0, 0.1) is 0 Å². The fourth-order valence-corrected chi connectivity index (χ4v) is 10.5. The van der Waals surface area contributed by atoms with E-state index >= 15 is 0 Å². The Morgan fingerprint density at radius 2 is 1.27 bits per heavy atom. The van der Waals surface area contributed by atoms with Gasteiger partial charge in [0.1, 0.15) is 61.1 Å². The molecule has 1 aliphatic rings. The lowest BCUT2D eigenvalue weighted by Crippen LogP contribution is -2.59. The van der Waals surface area contributed by atoms with Crippen molar-refractivity contribution in [2.45, 2.75) is 180 Å². The molecule has 7 atom stereocenters. The monoisotopic (exact) mass is 1120 g/mol. The number of ether oxygens (including phenoxy) is 5. The number of hydrogen-bond donors (Lipinski definition) is 4. The molecule has 2 heterocycles. The number of methoxy groups -OCH3 is 1. The van der Waals surface area contributed by atoms with Crippen LogP contribution < -0.4 is 31.9 Å². The molecule has 1 saturated heterocycles. The van der Waals surface area contributed by atoms with Crippen LogP contribution in [-0.4, -0.2) is 117 Å². The molecule has 0 saturated carbocycles. The lowest BCUT2D eigenvalue weighted by molar-refractivity contribution is -0.166. The number of nitrogens with one attached hydrogen (secondary N) is 3. The van der Waals surface area contributed by atoms with Gasteiger partial charge in [-0.25, -0.2) is 9.59 Å². The standard InChI is InChI=1S/C57H83N5O14Si2/c1-55(2,3)74-52(67)45(58-31-21-32-59-50(66)42(34-44(64)71-36-39-22-17-15-18-23-39)60-53(68)72-37-40-24-19-16-20-25-40)46(65)47-48(75-77(11,12)56(4,5)6)49(76-78(13,14)57(7,8)9)51(73-47)61-33-30-43(63)62(54(61)69)35-38-26-28-41(70-10)29-27-38/h15-20,22-30,33,42,45-49,51,58,65H,21,31-32,34-37H2,1-14H3,(H,59,66)(H,60,68)/t42-,45-,46+,47?,48+,49+,51+/m0/s1. The molecule has 0 aliphatic carbocycles. The summed E-state index contributed by atoms with van der Waals surface area (Å²) in [4.78, 5) is 82.4. The number of benzene rings is 3. The maximum Gasteiger partial charge on any atom is 0.408 e. The van der Waals surface area contributed by atoms with Crippen LogP contribution in [0.3, 0.4) is 0 Å². The van der Waals surface area contributed by atoms with Gasteiger partial charge in [0.25, 0.3) is 5.56 Å². The normalized spacial score (nSPS) is 18.3. The zero-order valence-electron chi connectivity index (χ0n) is 47.9. The van der Waals surface area contributed by atoms with Crippen molar-refractivity contribution >= 4 is 40.6 Å². The Bertz CT molecular complexity index is 2680. The van der Waals surface area contributed by atoms with E-state index in [1.54, 1.807) is 101 Å². The van der Waals surface area contributed by atoms with E-state index in [-0.39, 0.29) is 49.3 Å². The summed E-state index contributed by atoms with van der Waals surface area (Å²) in [5, 5.41) is 20.5. The summed E-state index contributed by atoms with van der Waals surface area (Å²) in [6.45, 7) is 25.6. The van der Waals surface area contributed by atoms with Crippen LogP contribution in [0.15, 0.2) is 107 Å². The molecular formula is C57H83N5O14Si2. The number of alkyl carbamates (subject to hydrolysis) is 1. The number of amides is 2. The summed E-state index contributed by atoms with van der Waals surface area (Å²) in [5.74, 6) is -1.63. The lowest BCUT2D eigenvalue weighted by atomic mass is 9.99. The van der Waals surface area contributed by atoms with Crippen LogP contribution >= 0.6 is 0 Å². The van der Waals surface area contributed by atoms with Crippen molar-refractivity contribution in [1.29, 1.82) is 0 Å². The maximum atomic E-state index is 14.7. The molecule has 0 spiro atoms. The highest BCUT2D eigenvalue weighted by atomic mass is 28.4. The molecule has 0 radical (unpaired) electrons. The van der Waals surface area contributed by atoms with Gasteiger partial charge in [-0.05, 0) is 98.8 Å². The van der Waals surface area contributed by atoms with E-state index in [1.807, 2.05) is 25.2 Å². The lowest BCUT2D eigenvalue weighted by Gasteiger charge is -2.44. The summed E-state index contributed by atoms with van der Waals surface area (Å²) >= 11 is 0. The average Bonchev–Trinajstić information content (AvgIpc) is 3.81. The predicted molar refractivity (Wildman–Crippen MR) is 301 cm³/mol. The number of aromatic nitrogens is 2. The van der Waals surface area contributed by atoms with Crippen molar-refractivity contribution in [3.05, 3.63) is 135 Å². The SMILES string of the molecule is COc1ccc(Cn2c(=O)ccn([C@@H]3OC([C@H](O)[C@H](NCCCNC(=O)[C@H](CC(=O)OCc4ccccc4)NC(=O)OCc4ccccc4)C(=O)OC(C)(C)C)[C@@H](O[Si](C)(C)C(C)(C)C)[C@H]3O[Si](C)(C)C(C)(C)C)c2=O)cc1. The number of carbonyl (C=O) groups excluding carboxylic acids is 4. The number of carbonyl (C=O) groups is 4. The minimum atomic E-state index is -2.81. The Morgan fingerprint density at radius 3 is 1.81 bits per heavy atom. The summed E-state index contributed by atoms with van der Waals surface area (Å²) < 4.78 is 45.8. The molecule has 78 heavy (non-hydrogen) atoms. The summed E-state index contributed by atoms with van der Waals surface area (Å²) in [6, 6.07) is 23.4. The molecular weight excluding hydrogens is 1030 g/mol. The zero-order chi connectivity index (χ0) is 57.8. The van der Waals surface area contributed by atoms with Gasteiger partial charge in [0, 0.05) is 18.8 Å². The van der Waals surface area contributed by atoms with Gasteiger partial charge in [-0.15, -0.1) is 0 Å². The quantitative estimate of drug-likeness (QED) is 0.0233. The van der Waals surface area contributed by atoms with Crippen LogP contribution in [0.2, 0.25) is 36.3 Å². The Hall–Kier alpha value is -5.95. The number of nitrogens with zero attached hydrogens (tertiary/aromatic N) is 2. The molecule has 428 valence electrons. The van der Waals surface area contributed by atoms with E-state index in [0.29, 0.717) is 11.3 Å². The second-order valence-electron chi connectivity index (χ2n) is 23.7. The van der Waals surface area contributed by atoms with Gasteiger partial charge in [0.15, 0.2) is 22.9 Å². The molecule has 19 nitrogen and oxygen atoms in total. The molecule has 1 aliphatic heterocycles. The van der Waals surface area contributed by atoms with Crippen molar-refractivity contribution in [3.8, 4) is 5.75 Å². The molecule has 1 aromatic heterocycles. The van der Waals surface area contributed by atoms with Crippen molar-refractivity contribution in [2.24, 2.45) is 0 Å². The van der Waals surface area contributed by atoms with E-state index in [0.717, 1.165) is 15.7 Å². The highest BCUT2D eigenvalue weighted by Crippen LogP contribution is 2.46. The third kappa shape index (κ3) is 17.5. The Morgan fingerprint density at radius 1 is 0.718 bits per heavy atom. The van der Waals surface area contributed by atoms with Gasteiger partial charge in [-0.2, -0.15) is 0 Å². The van der Waals surface area contributed by atoms with Gasteiger partial charge in [-0.3, -0.25) is 28.3 Å². The smallest absolute Gasteiger partial charge is 0.408 e. The van der Waals surface area contributed by atoms with Crippen LogP contribution in [0.5, 0.6) is 5.75 Å². The van der Waals surface area contributed by atoms with Crippen molar-refractivity contribution in [1.82, 2.24) is 25.1 Å². The highest BCUT2D eigenvalue weighted by molar-refractivity contribution is 6.74. The number of aliphatic hydroxyl groups is 1. The summed E-state index contributed by atoms with van der Waals surface area (Å²) in [7, 11) is -4.05. The predicted octanol–water partition coefficient (Wildman–Crippen LogP) is 7.34. The van der Waals surface area contributed by atoms with E-state index in [1.165, 1.54) is 16.8 Å². The van der Waals surface area contributed by atoms with Crippen LogP contribution in [0.25, 0.3) is 0 Å². The first-order chi connectivity index (χ1) is 36.4. The minimum Gasteiger partial charge on any atom is -0.497 e. The fourth-order valence-electron chi connectivity index (χ4n) is 7.90. The molecule has 3 aromatic carbocycles. The Labute approximate surface area is 460 Å². The van der Waals surface area contributed by atoms with Gasteiger partial charge >= 0.3 is 23.7 Å². The second kappa shape index (κ2) is 26.8. The van der Waals surface area contributed by atoms with E-state index in [2.05, 4.69) is 70.6 Å². The molecule has 21 heteroatoms. The molecule has 1 fully saturated rings. The second-order valence-corrected chi connectivity index (χ2v) is 33.2. The van der Waals surface area contributed by atoms with Crippen LogP contribution in [-0.2, 0) is 61.9 Å². The van der Waals surface area contributed by atoms with E-state index < -0.39 is 107 Å². The number of hydrogen-bond acceptors (Lipinski definition) is 15. The van der Waals surface area contributed by atoms with Crippen molar-refractivity contribution < 1.29 is 56.8 Å². The Kier molecular flexibility index (Phi) is 21.6. The third-order valence-electron chi connectivity index (χ3n) is 14.4. The Balaban J connectivity index is 1.44.